The fourth-order valence-electron chi connectivity index (χ4n) is 4.19. The number of carbonyl (C=O) groups is 2. The minimum Gasteiger partial charge on any atom is -0.340 e. The normalized spacial score (nSPS) is 26.4. The zero-order valence-electron chi connectivity index (χ0n) is 14.6. The highest BCUT2D eigenvalue weighted by molar-refractivity contribution is 5.80. The van der Waals surface area contributed by atoms with Crippen molar-refractivity contribution in [3.8, 4) is 0 Å². The molecule has 1 aromatic rings. The number of hydrogen-bond donors (Lipinski definition) is 1. The van der Waals surface area contributed by atoms with E-state index in [0.29, 0.717) is 25.4 Å². The van der Waals surface area contributed by atoms with Gasteiger partial charge in [0.05, 0.1) is 12.5 Å². The van der Waals surface area contributed by atoms with Gasteiger partial charge in [-0.2, -0.15) is 0 Å². The summed E-state index contributed by atoms with van der Waals surface area (Å²) in [4.78, 5) is 28.8. The van der Waals surface area contributed by atoms with Gasteiger partial charge in [-0.1, -0.05) is 24.3 Å². The van der Waals surface area contributed by atoms with Gasteiger partial charge in [-0.05, 0) is 43.4 Å². The van der Waals surface area contributed by atoms with Crippen LogP contribution in [-0.4, -0.2) is 47.3 Å². The lowest BCUT2D eigenvalue weighted by Crippen LogP contribution is -2.43. The molecular weight excluding hydrogens is 302 g/mol. The molecule has 0 aromatic heterocycles. The second-order valence-electron chi connectivity index (χ2n) is 7.11. The lowest BCUT2D eigenvalue weighted by Gasteiger charge is -2.37. The smallest absolute Gasteiger partial charge is 0.225 e. The van der Waals surface area contributed by atoms with Gasteiger partial charge in [0.25, 0.3) is 0 Å². The van der Waals surface area contributed by atoms with E-state index >= 15 is 0 Å². The molecule has 24 heavy (non-hydrogen) atoms. The van der Waals surface area contributed by atoms with Crippen LogP contribution in [0.4, 0.5) is 0 Å². The van der Waals surface area contributed by atoms with Crippen molar-refractivity contribution < 1.29 is 9.59 Å². The van der Waals surface area contributed by atoms with E-state index in [1.807, 2.05) is 21.9 Å². The van der Waals surface area contributed by atoms with Crippen LogP contribution >= 0.6 is 0 Å². The molecular formula is C19H27N3O2. The van der Waals surface area contributed by atoms with Gasteiger partial charge in [-0.15, -0.1) is 0 Å². The van der Waals surface area contributed by atoms with Crippen LogP contribution in [0.1, 0.15) is 43.9 Å². The highest BCUT2D eigenvalue weighted by Gasteiger charge is 2.36. The molecule has 0 aliphatic carbocycles. The predicted molar refractivity (Wildman–Crippen MR) is 93.2 cm³/mol. The molecule has 0 radical (unpaired) electrons. The topological polar surface area (TPSA) is 66.6 Å². The van der Waals surface area contributed by atoms with E-state index in [4.69, 9.17) is 5.73 Å². The molecule has 5 heteroatoms. The van der Waals surface area contributed by atoms with Crippen molar-refractivity contribution in [1.29, 1.82) is 0 Å². The first-order valence-electron chi connectivity index (χ1n) is 8.85. The van der Waals surface area contributed by atoms with E-state index < -0.39 is 0 Å². The summed E-state index contributed by atoms with van der Waals surface area (Å²) in [5.74, 6) is 0.564. The number of nitrogens with zero attached hydrogens (tertiary/aromatic N) is 2. The number of benzene rings is 1. The van der Waals surface area contributed by atoms with Crippen molar-refractivity contribution >= 4 is 11.8 Å². The summed E-state index contributed by atoms with van der Waals surface area (Å²) in [6, 6.07) is 8.25. The lowest BCUT2D eigenvalue weighted by molar-refractivity contribution is -0.137. The van der Waals surface area contributed by atoms with Crippen molar-refractivity contribution in [2.75, 3.05) is 19.6 Å². The van der Waals surface area contributed by atoms with Gasteiger partial charge in [-0.3, -0.25) is 9.59 Å². The van der Waals surface area contributed by atoms with Crippen LogP contribution in [-0.2, 0) is 16.0 Å². The molecule has 3 atom stereocenters. The van der Waals surface area contributed by atoms with Gasteiger partial charge in [0.1, 0.15) is 0 Å². The molecule has 130 valence electrons. The summed E-state index contributed by atoms with van der Waals surface area (Å²) in [6.45, 7) is 5.73. The van der Waals surface area contributed by atoms with Gasteiger partial charge < -0.3 is 15.5 Å². The minimum atomic E-state index is -0.149. The standard InChI is InChI=1S/C19H27N3O2/c1-13-9-15(11-20)12-22(13)19(24)10-18-17-6-4-3-5-16(17)7-8-21(18)14(2)23/h3-6,13,15,18H,7-12,20H2,1-2H3. The van der Waals surface area contributed by atoms with Crippen LogP contribution in [0.2, 0.25) is 0 Å². The first-order valence-corrected chi connectivity index (χ1v) is 8.85. The molecule has 3 unspecified atom stereocenters. The van der Waals surface area contributed by atoms with Crippen molar-refractivity contribution in [3.63, 3.8) is 0 Å². The van der Waals surface area contributed by atoms with Crippen LogP contribution in [0.5, 0.6) is 0 Å². The van der Waals surface area contributed by atoms with E-state index in [-0.39, 0.29) is 23.9 Å². The number of carbonyl (C=O) groups excluding carboxylic acids is 2. The maximum atomic E-state index is 12.9. The third-order valence-corrected chi connectivity index (χ3v) is 5.50. The Morgan fingerprint density at radius 1 is 1.25 bits per heavy atom. The van der Waals surface area contributed by atoms with Crippen molar-refractivity contribution in [2.24, 2.45) is 11.7 Å². The lowest BCUT2D eigenvalue weighted by atomic mass is 9.90. The molecule has 0 spiro atoms. The van der Waals surface area contributed by atoms with Crippen LogP contribution in [0, 0.1) is 5.92 Å². The predicted octanol–water partition coefficient (Wildman–Crippen LogP) is 1.72. The fraction of sp³-hybridized carbons (Fsp3) is 0.579. The van der Waals surface area contributed by atoms with E-state index in [1.54, 1.807) is 6.92 Å². The van der Waals surface area contributed by atoms with Gasteiger partial charge >= 0.3 is 0 Å². The zero-order chi connectivity index (χ0) is 17.3. The quantitative estimate of drug-likeness (QED) is 0.918. The molecule has 2 aliphatic heterocycles. The molecule has 3 rings (SSSR count). The number of rotatable bonds is 3. The Balaban J connectivity index is 1.81. The average Bonchev–Trinajstić information content (AvgIpc) is 2.96. The largest absolute Gasteiger partial charge is 0.340 e. The van der Waals surface area contributed by atoms with E-state index in [0.717, 1.165) is 24.9 Å². The van der Waals surface area contributed by atoms with Crippen LogP contribution in [0.3, 0.4) is 0 Å². The zero-order valence-corrected chi connectivity index (χ0v) is 14.6. The maximum Gasteiger partial charge on any atom is 0.225 e. The number of fused-ring (bicyclic) bond motifs is 1. The molecule has 2 N–H and O–H groups in total. The minimum absolute atomic E-state index is 0.0385. The number of amides is 2. The fourth-order valence-corrected chi connectivity index (χ4v) is 4.19. The maximum absolute atomic E-state index is 12.9. The summed E-state index contributed by atoms with van der Waals surface area (Å²) in [7, 11) is 0. The molecule has 5 nitrogen and oxygen atoms in total. The Morgan fingerprint density at radius 3 is 2.67 bits per heavy atom. The Labute approximate surface area is 143 Å². The Bertz CT molecular complexity index is 631. The molecule has 1 saturated heterocycles. The Morgan fingerprint density at radius 2 is 2.00 bits per heavy atom. The third-order valence-electron chi connectivity index (χ3n) is 5.50. The van der Waals surface area contributed by atoms with Gasteiger partial charge in [-0.25, -0.2) is 0 Å². The molecule has 2 amide bonds. The third kappa shape index (κ3) is 3.18. The van der Waals surface area contributed by atoms with Crippen LogP contribution in [0.25, 0.3) is 0 Å². The Kier molecular flexibility index (Phi) is 4.90. The van der Waals surface area contributed by atoms with Crippen LogP contribution in [0.15, 0.2) is 24.3 Å². The second kappa shape index (κ2) is 6.93. The highest BCUT2D eigenvalue weighted by Crippen LogP contribution is 2.34. The first-order chi connectivity index (χ1) is 11.5. The van der Waals surface area contributed by atoms with E-state index in [1.165, 1.54) is 5.56 Å². The van der Waals surface area contributed by atoms with Crippen molar-refractivity contribution in [3.05, 3.63) is 35.4 Å². The highest BCUT2D eigenvalue weighted by atomic mass is 16.2. The number of hydrogen-bond acceptors (Lipinski definition) is 3. The second-order valence-corrected chi connectivity index (χ2v) is 7.11. The van der Waals surface area contributed by atoms with Gasteiger partial charge in [0.2, 0.25) is 11.8 Å². The van der Waals surface area contributed by atoms with E-state index in [9.17, 15) is 9.59 Å². The van der Waals surface area contributed by atoms with Gasteiger partial charge in [0.15, 0.2) is 0 Å². The van der Waals surface area contributed by atoms with Crippen LogP contribution < -0.4 is 5.73 Å². The molecule has 1 aromatic carbocycles. The summed E-state index contributed by atoms with van der Waals surface area (Å²) in [5, 5.41) is 0. The number of likely N-dealkylation sites (tertiary alicyclic amines) is 1. The molecule has 2 heterocycles. The van der Waals surface area contributed by atoms with Gasteiger partial charge in [0, 0.05) is 26.1 Å². The molecule has 1 fully saturated rings. The molecule has 0 bridgehead atoms. The summed E-state index contributed by atoms with van der Waals surface area (Å²) >= 11 is 0. The molecule has 2 aliphatic rings. The molecule has 0 saturated carbocycles. The summed E-state index contributed by atoms with van der Waals surface area (Å²) in [5.41, 5.74) is 8.15. The van der Waals surface area contributed by atoms with Crippen molar-refractivity contribution in [1.82, 2.24) is 9.80 Å². The average molecular weight is 329 g/mol. The number of nitrogens with two attached hydrogens (primary N) is 1. The van der Waals surface area contributed by atoms with E-state index in [2.05, 4.69) is 19.1 Å². The summed E-state index contributed by atoms with van der Waals surface area (Å²) in [6.07, 6.45) is 2.19. The Hall–Kier alpha value is -1.88. The first kappa shape index (κ1) is 17.0. The summed E-state index contributed by atoms with van der Waals surface area (Å²) < 4.78 is 0. The van der Waals surface area contributed by atoms with Crippen molar-refractivity contribution in [2.45, 2.75) is 45.2 Å². The monoisotopic (exact) mass is 329 g/mol. The SMILES string of the molecule is CC(=O)N1CCc2ccccc2C1CC(=O)N1CC(CN)CC1C.